The number of carboxylic acids is 1. The van der Waals surface area contributed by atoms with Gasteiger partial charge in [0.05, 0.1) is 23.4 Å². The third-order valence-corrected chi connectivity index (χ3v) is 4.96. The molecule has 1 atom stereocenters. The van der Waals surface area contributed by atoms with Crippen LogP contribution in [-0.2, 0) is 9.84 Å². The Hall–Kier alpha value is -2.16. The fourth-order valence-electron chi connectivity index (χ4n) is 2.04. The van der Waals surface area contributed by atoms with Crippen LogP contribution in [0.4, 0.5) is 10.5 Å². The lowest BCUT2D eigenvalue weighted by Crippen LogP contribution is -2.33. The molecule has 1 unspecified atom stereocenters. The largest absolute Gasteiger partial charge is 0.477 e. The van der Waals surface area contributed by atoms with Crippen LogP contribution in [0.2, 0.25) is 0 Å². The Balaban J connectivity index is 1.81. The highest BCUT2D eigenvalue weighted by Gasteiger charge is 2.27. The smallest absolute Gasteiger partial charge is 0.354 e. The van der Waals surface area contributed by atoms with Crippen LogP contribution >= 0.6 is 0 Å². The molecule has 0 spiro atoms. The maximum absolute atomic E-state index is 11.6. The molecule has 1 aromatic rings. The van der Waals surface area contributed by atoms with Crippen LogP contribution in [0.3, 0.4) is 0 Å². The first-order valence-electron chi connectivity index (χ1n) is 6.30. The van der Waals surface area contributed by atoms with Crippen molar-refractivity contribution in [3.8, 4) is 0 Å². The Bertz CT molecular complexity index is 641. The summed E-state index contributed by atoms with van der Waals surface area (Å²) in [5.41, 5.74) is 0.244. The summed E-state index contributed by atoms with van der Waals surface area (Å²) in [7, 11) is -2.95. The molecule has 0 saturated carbocycles. The van der Waals surface area contributed by atoms with Gasteiger partial charge in [-0.1, -0.05) is 0 Å². The number of pyridine rings is 1. The van der Waals surface area contributed by atoms with Gasteiger partial charge in [-0.25, -0.2) is 23.0 Å². The molecule has 1 saturated heterocycles. The molecule has 2 heterocycles. The molecule has 0 radical (unpaired) electrons. The second-order valence-electron chi connectivity index (χ2n) is 4.84. The summed E-state index contributed by atoms with van der Waals surface area (Å²) < 4.78 is 22.6. The lowest BCUT2D eigenvalue weighted by molar-refractivity contribution is 0.0690. The molecule has 1 aliphatic rings. The minimum absolute atomic E-state index is 0.0618. The molecule has 2 rings (SSSR count). The fraction of sp³-hybridized carbons (Fsp3) is 0.417. The second kappa shape index (κ2) is 6.08. The second-order valence-corrected chi connectivity index (χ2v) is 7.07. The number of carbonyl (C=O) groups is 2. The van der Waals surface area contributed by atoms with Crippen molar-refractivity contribution in [2.24, 2.45) is 5.92 Å². The predicted molar refractivity (Wildman–Crippen MR) is 75.0 cm³/mol. The number of sulfone groups is 1. The summed E-state index contributed by atoms with van der Waals surface area (Å²) in [5, 5.41) is 13.8. The topological polar surface area (TPSA) is 125 Å². The van der Waals surface area contributed by atoms with Crippen molar-refractivity contribution in [1.29, 1.82) is 0 Å². The summed E-state index contributed by atoms with van der Waals surface area (Å²) in [6, 6.07) is 2.22. The van der Waals surface area contributed by atoms with Gasteiger partial charge in [0.1, 0.15) is 5.69 Å². The summed E-state index contributed by atoms with van der Waals surface area (Å²) in [5.74, 6) is -0.939. The molecule has 0 aliphatic carbocycles. The lowest BCUT2D eigenvalue weighted by atomic mass is 10.1. The van der Waals surface area contributed by atoms with Gasteiger partial charge >= 0.3 is 12.0 Å². The van der Waals surface area contributed by atoms with Crippen molar-refractivity contribution in [1.82, 2.24) is 10.3 Å². The number of urea groups is 1. The number of hydrogen-bond acceptors (Lipinski definition) is 5. The van der Waals surface area contributed by atoms with Gasteiger partial charge in [0, 0.05) is 6.54 Å². The Morgan fingerprint density at radius 1 is 1.38 bits per heavy atom. The zero-order valence-electron chi connectivity index (χ0n) is 11.1. The summed E-state index contributed by atoms with van der Waals surface area (Å²) in [6.45, 7) is 0.283. The van der Waals surface area contributed by atoms with Crippen LogP contribution < -0.4 is 10.6 Å². The van der Waals surface area contributed by atoms with Crippen LogP contribution in [0, 0.1) is 5.92 Å². The van der Waals surface area contributed by atoms with E-state index in [2.05, 4.69) is 15.6 Å². The third kappa shape index (κ3) is 4.42. The first kappa shape index (κ1) is 15.2. The van der Waals surface area contributed by atoms with Crippen molar-refractivity contribution in [2.75, 3.05) is 23.4 Å². The number of hydrogen-bond donors (Lipinski definition) is 3. The Labute approximate surface area is 121 Å². The number of aromatic carboxylic acids is 1. The molecule has 114 valence electrons. The highest BCUT2D eigenvalue weighted by atomic mass is 32.2. The van der Waals surface area contributed by atoms with Gasteiger partial charge in [-0.15, -0.1) is 0 Å². The van der Waals surface area contributed by atoms with Crippen LogP contribution in [0.1, 0.15) is 16.9 Å². The minimum atomic E-state index is -2.95. The van der Waals surface area contributed by atoms with Gasteiger partial charge in [0.15, 0.2) is 9.84 Å². The standard InChI is InChI=1S/C12H15N3O5S/c16-11(17)10-2-1-9(6-13-10)15-12(18)14-5-8-3-4-21(19,20)7-8/h1-2,6,8H,3-5,7H2,(H,16,17)(H2,14,15,18). The van der Waals surface area contributed by atoms with Crippen LogP contribution in [0.5, 0.6) is 0 Å². The van der Waals surface area contributed by atoms with Gasteiger partial charge in [-0.2, -0.15) is 0 Å². The van der Waals surface area contributed by atoms with Crippen molar-refractivity contribution < 1.29 is 23.1 Å². The first-order chi connectivity index (χ1) is 9.85. The SMILES string of the molecule is O=C(NCC1CCS(=O)(=O)C1)Nc1ccc(C(=O)O)nc1. The van der Waals surface area contributed by atoms with E-state index in [1.165, 1.54) is 18.3 Å². The van der Waals surface area contributed by atoms with Gasteiger partial charge in [0.25, 0.3) is 0 Å². The Morgan fingerprint density at radius 2 is 2.14 bits per heavy atom. The predicted octanol–water partition coefficient (Wildman–Crippen LogP) is 0.336. The van der Waals surface area contributed by atoms with Gasteiger partial charge in [-0.05, 0) is 24.5 Å². The van der Waals surface area contributed by atoms with E-state index in [0.29, 0.717) is 12.1 Å². The molecule has 8 nitrogen and oxygen atoms in total. The summed E-state index contributed by atoms with van der Waals surface area (Å²) in [6.07, 6.45) is 1.79. The molecular weight excluding hydrogens is 298 g/mol. The number of nitrogens with one attached hydrogen (secondary N) is 2. The van der Waals surface area contributed by atoms with Crippen LogP contribution in [-0.4, -0.2) is 48.6 Å². The van der Waals surface area contributed by atoms with E-state index < -0.39 is 21.8 Å². The number of nitrogens with zero attached hydrogens (tertiary/aromatic N) is 1. The highest BCUT2D eigenvalue weighted by molar-refractivity contribution is 7.91. The maximum atomic E-state index is 11.6. The van der Waals surface area contributed by atoms with Crippen LogP contribution in [0.15, 0.2) is 18.3 Å². The quantitative estimate of drug-likeness (QED) is 0.736. The van der Waals surface area contributed by atoms with Gasteiger partial charge < -0.3 is 15.7 Å². The maximum Gasteiger partial charge on any atom is 0.354 e. The van der Waals surface area contributed by atoms with E-state index in [4.69, 9.17) is 5.11 Å². The molecule has 2 amide bonds. The average molecular weight is 313 g/mol. The van der Waals surface area contributed by atoms with Crippen molar-refractivity contribution >= 4 is 27.5 Å². The van der Waals surface area contributed by atoms with Crippen molar-refractivity contribution in [3.05, 3.63) is 24.0 Å². The summed E-state index contributed by atoms with van der Waals surface area (Å²) >= 11 is 0. The monoisotopic (exact) mass is 313 g/mol. The number of carbonyl (C=O) groups excluding carboxylic acids is 1. The van der Waals surface area contributed by atoms with Gasteiger partial charge in [-0.3, -0.25) is 0 Å². The fourth-order valence-corrected chi connectivity index (χ4v) is 3.90. The highest BCUT2D eigenvalue weighted by Crippen LogP contribution is 2.17. The molecular formula is C12H15N3O5S. The number of amides is 2. The number of carboxylic acid groups (broad SMARTS) is 1. The molecule has 9 heteroatoms. The van der Waals surface area contributed by atoms with Crippen molar-refractivity contribution in [3.63, 3.8) is 0 Å². The molecule has 3 N–H and O–H groups in total. The molecule has 21 heavy (non-hydrogen) atoms. The Kier molecular flexibility index (Phi) is 4.41. The molecule has 1 aromatic heterocycles. The summed E-state index contributed by atoms with van der Waals surface area (Å²) in [4.78, 5) is 25.9. The van der Waals surface area contributed by atoms with Gasteiger partial charge in [0.2, 0.25) is 0 Å². The van der Waals surface area contributed by atoms with E-state index in [9.17, 15) is 18.0 Å². The van der Waals surface area contributed by atoms with E-state index in [1.54, 1.807) is 0 Å². The minimum Gasteiger partial charge on any atom is -0.477 e. The van der Waals surface area contributed by atoms with E-state index in [0.717, 1.165) is 0 Å². The first-order valence-corrected chi connectivity index (χ1v) is 8.12. The van der Waals surface area contributed by atoms with E-state index in [1.807, 2.05) is 0 Å². The van der Waals surface area contributed by atoms with E-state index >= 15 is 0 Å². The lowest BCUT2D eigenvalue weighted by Gasteiger charge is -2.10. The van der Waals surface area contributed by atoms with Crippen molar-refractivity contribution in [2.45, 2.75) is 6.42 Å². The number of aromatic nitrogens is 1. The molecule has 0 bridgehead atoms. The normalized spacial score (nSPS) is 19.9. The van der Waals surface area contributed by atoms with E-state index in [-0.39, 0.29) is 29.7 Å². The Morgan fingerprint density at radius 3 is 2.67 bits per heavy atom. The molecule has 0 aromatic carbocycles. The third-order valence-electron chi connectivity index (χ3n) is 3.12. The number of rotatable bonds is 4. The average Bonchev–Trinajstić information content (AvgIpc) is 2.77. The van der Waals surface area contributed by atoms with Crippen LogP contribution in [0.25, 0.3) is 0 Å². The zero-order valence-corrected chi connectivity index (χ0v) is 11.9. The zero-order chi connectivity index (χ0) is 15.5. The molecule has 1 fully saturated rings. The molecule has 1 aliphatic heterocycles. The number of anilines is 1.